The topological polar surface area (TPSA) is 44.0 Å². The summed E-state index contributed by atoms with van der Waals surface area (Å²) < 4.78 is 0. The molecule has 0 fully saturated rings. The second-order valence-electron chi connectivity index (χ2n) is 0.100. The van der Waals surface area contributed by atoms with Crippen LogP contribution in [0.1, 0.15) is 0 Å². The van der Waals surface area contributed by atoms with E-state index in [9.17, 15) is 0 Å². The van der Waals surface area contributed by atoms with Crippen molar-refractivity contribution in [2.24, 2.45) is 0 Å². The maximum Gasteiger partial charge on any atom is 2.00 e. The fourth-order valence-electron chi connectivity index (χ4n) is 0. The summed E-state index contributed by atoms with van der Waals surface area (Å²) in [6, 6.07) is 0. The van der Waals surface area contributed by atoms with E-state index in [0.717, 1.165) is 6.26 Å². The zero-order valence-electron chi connectivity index (χ0n) is 1.75. The van der Waals surface area contributed by atoms with Gasteiger partial charge >= 0.3 is 17.1 Å². The molecule has 0 saturated carbocycles. The van der Waals surface area contributed by atoms with Crippen LogP contribution in [0.4, 0.5) is 0 Å². The first-order chi connectivity index (χ1) is 1.41. The zero-order valence-corrected chi connectivity index (χ0v) is 2.85. The molecular formula is CHFeNO+2. The maximum atomic E-state index is 6.88. The molecule has 3 heteroatoms. The predicted octanol–water partition coefficient (Wildman–Crippen LogP) is -0.163. The third-order valence-electron chi connectivity index (χ3n) is 0. The van der Waals surface area contributed by atoms with Gasteiger partial charge in [-0.2, -0.15) is 5.26 Å². The molecule has 0 bridgehead atoms. The summed E-state index contributed by atoms with van der Waals surface area (Å²) in [5.41, 5.74) is 0. The maximum absolute atomic E-state index is 6.88. The summed E-state index contributed by atoms with van der Waals surface area (Å²) in [5.74, 6) is 0. The standard InChI is InChI=1S/CHNO.Fe/c2-1-3;/h3H;/q;+2. The van der Waals surface area contributed by atoms with E-state index in [1.54, 1.807) is 0 Å². The summed E-state index contributed by atoms with van der Waals surface area (Å²) >= 11 is 0. The van der Waals surface area contributed by atoms with Crippen molar-refractivity contribution < 1.29 is 22.2 Å². The normalized spacial score (nSPS) is 1.75. The van der Waals surface area contributed by atoms with Crippen LogP contribution in [0, 0.1) is 11.5 Å². The van der Waals surface area contributed by atoms with Crippen molar-refractivity contribution in [2.45, 2.75) is 0 Å². The molecule has 0 radical (unpaired) electrons. The summed E-state index contributed by atoms with van der Waals surface area (Å²) in [4.78, 5) is 0. The van der Waals surface area contributed by atoms with Crippen LogP contribution < -0.4 is 0 Å². The Morgan fingerprint density at radius 3 is 1.75 bits per heavy atom. The van der Waals surface area contributed by atoms with Crippen LogP contribution in [0.2, 0.25) is 0 Å². The van der Waals surface area contributed by atoms with Crippen LogP contribution in [0.5, 0.6) is 0 Å². The van der Waals surface area contributed by atoms with Crippen LogP contribution in [0.15, 0.2) is 0 Å². The summed E-state index contributed by atoms with van der Waals surface area (Å²) in [6.07, 6.45) is 0.750. The quantitative estimate of drug-likeness (QED) is 0.338. The Balaban J connectivity index is 0. The molecule has 22 valence electrons. The third kappa shape index (κ3) is 32.7. The first kappa shape index (κ1) is 9.18. The average Bonchev–Trinajstić information content (AvgIpc) is 0.918. The van der Waals surface area contributed by atoms with E-state index in [0.29, 0.717) is 0 Å². The monoisotopic (exact) mass is 98.9 g/mol. The zero-order chi connectivity index (χ0) is 2.71. The van der Waals surface area contributed by atoms with Gasteiger partial charge in [-0.25, -0.2) is 0 Å². The van der Waals surface area contributed by atoms with Crippen LogP contribution in [-0.2, 0) is 17.1 Å². The van der Waals surface area contributed by atoms with Crippen molar-refractivity contribution in [2.75, 3.05) is 0 Å². The van der Waals surface area contributed by atoms with E-state index >= 15 is 0 Å². The molecule has 4 heavy (non-hydrogen) atoms. The van der Waals surface area contributed by atoms with Crippen molar-refractivity contribution in [1.29, 1.82) is 5.26 Å². The third-order valence-corrected chi connectivity index (χ3v) is 0. The van der Waals surface area contributed by atoms with E-state index in [2.05, 4.69) is 0 Å². The van der Waals surface area contributed by atoms with Gasteiger partial charge in [-0.1, -0.05) is 0 Å². The molecule has 0 aromatic heterocycles. The summed E-state index contributed by atoms with van der Waals surface area (Å²) in [6.45, 7) is 0. The molecule has 2 nitrogen and oxygen atoms in total. The second kappa shape index (κ2) is 14.0. The molecule has 0 amide bonds. The number of aliphatic hydroxyl groups is 1. The fourth-order valence-corrected chi connectivity index (χ4v) is 0. The average molecular weight is 98.9 g/mol. The molecule has 0 aliphatic heterocycles. The van der Waals surface area contributed by atoms with E-state index < -0.39 is 0 Å². The molecule has 0 aromatic rings. The Morgan fingerprint density at radius 1 is 1.75 bits per heavy atom. The summed E-state index contributed by atoms with van der Waals surface area (Å²) in [7, 11) is 0. The number of hydrogen-bond acceptors (Lipinski definition) is 2. The predicted molar refractivity (Wildman–Crippen MR) is 7.55 cm³/mol. The van der Waals surface area contributed by atoms with Gasteiger partial charge in [-0.15, -0.1) is 0 Å². The van der Waals surface area contributed by atoms with Crippen LogP contribution in [0.25, 0.3) is 0 Å². The Labute approximate surface area is 34.5 Å². The molecule has 0 spiro atoms. The molecule has 0 aliphatic rings. The van der Waals surface area contributed by atoms with Gasteiger partial charge in [0.25, 0.3) is 6.26 Å². The number of nitriles is 1. The van der Waals surface area contributed by atoms with Crippen molar-refractivity contribution >= 4 is 0 Å². The fraction of sp³-hybridized carbons (Fsp3) is 0. The molecule has 0 rings (SSSR count). The molecular weight excluding hydrogens is 97.9 g/mol. The van der Waals surface area contributed by atoms with Crippen molar-refractivity contribution in [3.05, 3.63) is 0 Å². The molecule has 0 atom stereocenters. The van der Waals surface area contributed by atoms with Crippen molar-refractivity contribution in [3.63, 3.8) is 0 Å². The van der Waals surface area contributed by atoms with Gasteiger partial charge in [-0.3, -0.25) is 0 Å². The number of aliphatic hydroxyl groups excluding tert-OH is 1. The Kier molecular flexibility index (Phi) is 32.2. The Bertz CT molecular complexity index is 29.5. The minimum Gasteiger partial charge on any atom is -0.443 e. The molecule has 1 N–H and O–H groups in total. The van der Waals surface area contributed by atoms with Gasteiger partial charge in [0.2, 0.25) is 0 Å². The van der Waals surface area contributed by atoms with E-state index in [4.69, 9.17) is 10.4 Å². The SMILES string of the molecule is N#CO.[Fe+2]. The molecule has 0 aromatic carbocycles. The molecule has 0 aliphatic carbocycles. The van der Waals surface area contributed by atoms with Crippen LogP contribution in [-0.4, -0.2) is 5.11 Å². The first-order valence-electron chi connectivity index (χ1n) is 0.447. The number of rotatable bonds is 0. The van der Waals surface area contributed by atoms with Crippen LogP contribution >= 0.6 is 0 Å². The minimum atomic E-state index is 0. The van der Waals surface area contributed by atoms with E-state index in [1.165, 1.54) is 0 Å². The van der Waals surface area contributed by atoms with Gasteiger partial charge < -0.3 is 5.11 Å². The molecule has 0 heterocycles. The van der Waals surface area contributed by atoms with Gasteiger partial charge in [0.1, 0.15) is 0 Å². The minimum absolute atomic E-state index is 0. The molecule has 0 unspecified atom stereocenters. The number of nitrogens with zero attached hydrogens (tertiary/aromatic N) is 1. The smallest absolute Gasteiger partial charge is 0.443 e. The largest absolute Gasteiger partial charge is 2.00 e. The first-order valence-corrected chi connectivity index (χ1v) is 0.447. The van der Waals surface area contributed by atoms with Crippen LogP contribution in [0.3, 0.4) is 0 Å². The van der Waals surface area contributed by atoms with Gasteiger partial charge in [-0.05, 0) is 0 Å². The van der Waals surface area contributed by atoms with Gasteiger partial charge in [0.05, 0.1) is 0 Å². The Morgan fingerprint density at radius 2 is 1.75 bits per heavy atom. The van der Waals surface area contributed by atoms with Gasteiger partial charge in [0.15, 0.2) is 0 Å². The van der Waals surface area contributed by atoms with Crippen molar-refractivity contribution in [1.82, 2.24) is 0 Å². The van der Waals surface area contributed by atoms with Gasteiger partial charge in [0, 0.05) is 0 Å². The number of hydrogen-bond donors (Lipinski definition) is 1. The van der Waals surface area contributed by atoms with Crippen molar-refractivity contribution in [3.8, 4) is 6.26 Å². The summed E-state index contributed by atoms with van der Waals surface area (Å²) in [5, 5.41) is 13.8. The van der Waals surface area contributed by atoms with E-state index in [-0.39, 0.29) is 17.1 Å². The molecule has 0 saturated heterocycles. The second-order valence-corrected chi connectivity index (χ2v) is 0.100. The van der Waals surface area contributed by atoms with E-state index in [1.807, 2.05) is 0 Å². The Hall–Kier alpha value is -0.191.